The summed E-state index contributed by atoms with van der Waals surface area (Å²) in [5.74, 6) is 0.489. The fourth-order valence-corrected chi connectivity index (χ4v) is 1.16. The van der Waals surface area contributed by atoms with E-state index in [0.717, 1.165) is 12.8 Å². The van der Waals surface area contributed by atoms with E-state index in [1.54, 1.807) is 11.9 Å². The molecular formula is C9H17NO. The van der Waals surface area contributed by atoms with Crippen LogP contribution in [0.3, 0.4) is 0 Å². The number of hydrogen-bond acceptors (Lipinski definition) is 1. The first kappa shape index (κ1) is 10.2. The highest BCUT2D eigenvalue weighted by Crippen LogP contribution is 2.11. The van der Waals surface area contributed by atoms with Crippen LogP contribution in [0.15, 0.2) is 12.7 Å². The summed E-state index contributed by atoms with van der Waals surface area (Å²) in [6.45, 7) is 7.87. The van der Waals surface area contributed by atoms with Gasteiger partial charge in [-0.2, -0.15) is 0 Å². The van der Waals surface area contributed by atoms with Crippen molar-refractivity contribution in [2.75, 3.05) is 7.05 Å². The third-order valence-electron chi connectivity index (χ3n) is 1.87. The molecule has 0 N–H and O–H groups in total. The van der Waals surface area contributed by atoms with Crippen molar-refractivity contribution in [1.29, 1.82) is 0 Å². The Morgan fingerprint density at radius 3 is 2.36 bits per heavy atom. The topological polar surface area (TPSA) is 20.3 Å². The quantitative estimate of drug-likeness (QED) is 0.437. The second-order valence-corrected chi connectivity index (χ2v) is 3.11. The molecule has 0 fully saturated rings. The van der Waals surface area contributed by atoms with E-state index >= 15 is 0 Å². The molecule has 0 aromatic heterocycles. The normalized spacial score (nSPS) is 12.7. The molecule has 1 amide bonds. The van der Waals surface area contributed by atoms with Gasteiger partial charge in [0.1, 0.15) is 0 Å². The van der Waals surface area contributed by atoms with Gasteiger partial charge in [-0.25, -0.2) is 0 Å². The summed E-state index contributed by atoms with van der Waals surface area (Å²) in [4.78, 5) is 12.1. The zero-order valence-electron chi connectivity index (χ0n) is 7.58. The number of amides is 1. The molecule has 0 heterocycles. The highest BCUT2D eigenvalue weighted by Gasteiger charge is 2.14. The van der Waals surface area contributed by atoms with Gasteiger partial charge in [0.05, 0.1) is 0 Å². The lowest BCUT2D eigenvalue weighted by molar-refractivity contribution is -0.119. The van der Waals surface area contributed by atoms with Crippen molar-refractivity contribution in [2.24, 2.45) is 5.92 Å². The average Bonchev–Trinajstić information content (AvgIpc) is 1.98. The maximum Gasteiger partial charge on any atom is 0.209 e. The molecule has 0 saturated heterocycles. The summed E-state index contributed by atoms with van der Waals surface area (Å²) >= 11 is 0. The Bertz CT molecular complexity index is 132. The molecular weight excluding hydrogens is 138 g/mol. The molecule has 1 atom stereocenters. The standard InChI is InChI=1S/C9H17NO/c1-5-6-9(8(2)3)10(4)7-11/h5,7-9H,1,6H2,2-4H3. The number of nitrogens with zero attached hydrogens (tertiary/aromatic N) is 1. The molecule has 2 heteroatoms. The fraction of sp³-hybridized carbons (Fsp3) is 0.667. The number of rotatable bonds is 5. The van der Waals surface area contributed by atoms with E-state index in [4.69, 9.17) is 0 Å². The van der Waals surface area contributed by atoms with Crippen LogP contribution in [-0.2, 0) is 4.79 Å². The van der Waals surface area contributed by atoms with E-state index in [-0.39, 0.29) is 0 Å². The van der Waals surface area contributed by atoms with Gasteiger partial charge in [-0.3, -0.25) is 4.79 Å². The smallest absolute Gasteiger partial charge is 0.209 e. The van der Waals surface area contributed by atoms with Crippen molar-refractivity contribution in [3.8, 4) is 0 Å². The predicted octanol–water partition coefficient (Wildman–Crippen LogP) is 1.68. The lowest BCUT2D eigenvalue weighted by atomic mass is 10.0. The Hall–Kier alpha value is -0.790. The summed E-state index contributed by atoms with van der Waals surface area (Å²) in [6, 6.07) is 0.296. The lowest BCUT2D eigenvalue weighted by Crippen LogP contribution is -2.34. The van der Waals surface area contributed by atoms with Crippen LogP contribution in [0, 0.1) is 5.92 Å². The molecule has 0 spiro atoms. The highest BCUT2D eigenvalue weighted by molar-refractivity contribution is 5.47. The molecule has 0 aliphatic rings. The Morgan fingerprint density at radius 2 is 2.09 bits per heavy atom. The van der Waals surface area contributed by atoms with Crippen molar-refractivity contribution < 1.29 is 4.79 Å². The van der Waals surface area contributed by atoms with Crippen LogP contribution in [0.1, 0.15) is 20.3 Å². The van der Waals surface area contributed by atoms with Crippen LogP contribution in [-0.4, -0.2) is 24.4 Å². The van der Waals surface area contributed by atoms with E-state index in [2.05, 4.69) is 20.4 Å². The third kappa shape index (κ3) is 3.21. The molecule has 0 aromatic carbocycles. The second-order valence-electron chi connectivity index (χ2n) is 3.11. The molecule has 0 saturated carbocycles. The molecule has 0 aliphatic heterocycles. The minimum atomic E-state index is 0.296. The van der Waals surface area contributed by atoms with Gasteiger partial charge in [-0.1, -0.05) is 19.9 Å². The molecule has 64 valence electrons. The van der Waals surface area contributed by atoms with Crippen molar-refractivity contribution in [3.63, 3.8) is 0 Å². The van der Waals surface area contributed by atoms with Crippen molar-refractivity contribution in [2.45, 2.75) is 26.3 Å². The Kier molecular flexibility index (Phi) is 4.59. The Labute approximate surface area is 68.9 Å². The Balaban J connectivity index is 4.07. The molecule has 0 bridgehead atoms. The van der Waals surface area contributed by atoms with Crippen LogP contribution in [0.4, 0.5) is 0 Å². The number of hydrogen-bond donors (Lipinski definition) is 0. The SMILES string of the molecule is C=CCC(C(C)C)N(C)C=O. The van der Waals surface area contributed by atoms with Gasteiger partial charge in [0, 0.05) is 13.1 Å². The third-order valence-corrected chi connectivity index (χ3v) is 1.87. The molecule has 0 radical (unpaired) electrons. The molecule has 1 unspecified atom stereocenters. The molecule has 11 heavy (non-hydrogen) atoms. The molecule has 0 aliphatic carbocycles. The molecule has 2 nitrogen and oxygen atoms in total. The minimum absolute atomic E-state index is 0.296. The van der Waals surface area contributed by atoms with Gasteiger partial charge >= 0.3 is 0 Å². The monoisotopic (exact) mass is 155 g/mol. The first-order chi connectivity index (χ1) is 5.13. The van der Waals surface area contributed by atoms with Gasteiger partial charge in [-0.05, 0) is 12.3 Å². The van der Waals surface area contributed by atoms with E-state index in [0.29, 0.717) is 12.0 Å². The van der Waals surface area contributed by atoms with Crippen molar-refractivity contribution in [1.82, 2.24) is 4.90 Å². The van der Waals surface area contributed by atoms with E-state index in [9.17, 15) is 4.79 Å². The first-order valence-corrected chi connectivity index (χ1v) is 3.91. The van der Waals surface area contributed by atoms with Gasteiger partial charge in [0.25, 0.3) is 0 Å². The lowest BCUT2D eigenvalue weighted by Gasteiger charge is -2.26. The molecule has 0 aromatic rings. The summed E-state index contributed by atoms with van der Waals surface area (Å²) < 4.78 is 0. The van der Waals surface area contributed by atoms with Gasteiger partial charge in [-0.15, -0.1) is 6.58 Å². The largest absolute Gasteiger partial charge is 0.345 e. The maximum atomic E-state index is 10.4. The van der Waals surface area contributed by atoms with Crippen molar-refractivity contribution >= 4 is 6.41 Å². The predicted molar refractivity (Wildman–Crippen MR) is 47.3 cm³/mol. The van der Waals surface area contributed by atoms with E-state index in [1.165, 1.54) is 0 Å². The van der Waals surface area contributed by atoms with Crippen molar-refractivity contribution in [3.05, 3.63) is 12.7 Å². The van der Waals surface area contributed by atoms with Gasteiger partial charge in [0.2, 0.25) is 6.41 Å². The zero-order chi connectivity index (χ0) is 8.85. The van der Waals surface area contributed by atoms with Crippen LogP contribution in [0.2, 0.25) is 0 Å². The Morgan fingerprint density at radius 1 is 1.55 bits per heavy atom. The fourth-order valence-electron chi connectivity index (χ4n) is 1.16. The summed E-state index contributed by atoms with van der Waals surface area (Å²) in [6.07, 6.45) is 3.59. The minimum Gasteiger partial charge on any atom is -0.345 e. The number of carbonyl (C=O) groups is 1. The van der Waals surface area contributed by atoms with E-state index in [1.807, 2.05) is 6.08 Å². The second kappa shape index (κ2) is 4.94. The summed E-state index contributed by atoms with van der Waals surface area (Å²) in [5.41, 5.74) is 0. The van der Waals surface area contributed by atoms with Crippen LogP contribution >= 0.6 is 0 Å². The van der Waals surface area contributed by atoms with Gasteiger partial charge < -0.3 is 4.90 Å². The zero-order valence-corrected chi connectivity index (χ0v) is 7.58. The van der Waals surface area contributed by atoms with Crippen LogP contribution in [0.25, 0.3) is 0 Å². The average molecular weight is 155 g/mol. The highest BCUT2D eigenvalue weighted by atomic mass is 16.1. The summed E-state index contributed by atoms with van der Waals surface area (Å²) in [5, 5.41) is 0. The number of carbonyl (C=O) groups excluding carboxylic acids is 1. The first-order valence-electron chi connectivity index (χ1n) is 3.91. The maximum absolute atomic E-state index is 10.4. The van der Waals surface area contributed by atoms with Crippen LogP contribution < -0.4 is 0 Å². The van der Waals surface area contributed by atoms with Crippen LogP contribution in [0.5, 0.6) is 0 Å². The molecule has 0 rings (SSSR count). The summed E-state index contributed by atoms with van der Waals surface area (Å²) in [7, 11) is 1.81. The van der Waals surface area contributed by atoms with Gasteiger partial charge in [0.15, 0.2) is 0 Å². The van der Waals surface area contributed by atoms with E-state index < -0.39 is 0 Å².